The normalized spacial score (nSPS) is 14.5. The number of imidazole rings is 1. The molecule has 1 aliphatic rings. The molecule has 0 spiro atoms. The molecular weight excluding hydrogens is 376 g/mol. The molecule has 1 unspecified atom stereocenters. The summed E-state index contributed by atoms with van der Waals surface area (Å²) in [6, 6.07) is 9.18. The van der Waals surface area contributed by atoms with Crippen molar-refractivity contribution in [2.75, 3.05) is 12.3 Å². The maximum atomic E-state index is 11.1. The fraction of sp³-hybridized carbons (Fsp3) is 0.250. The molecule has 0 amide bonds. The van der Waals surface area contributed by atoms with Crippen molar-refractivity contribution in [2.24, 2.45) is 0 Å². The van der Waals surface area contributed by atoms with E-state index in [4.69, 9.17) is 29.7 Å². The van der Waals surface area contributed by atoms with Gasteiger partial charge in [-0.15, -0.1) is 0 Å². The summed E-state index contributed by atoms with van der Waals surface area (Å²) in [5.41, 5.74) is 9.32. The molecule has 1 atom stereocenters. The first-order chi connectivity index (χ1) is 14.0. The number of oxazole rings is 1. The van der Waals surface area contributed by atoms with Crippen LogP contribution < -0.4 is 15.2 Å². The number of hydrogen-bond acceptors (Lipinski definition) is 7. The molecule has 9 heteroatoms. The molecule has 2 aromatic carbocycles. The number of benzene rings is 2. The van der Waals surface area contributed by atoms with Gasteiger partial charge < -0.3 is 29.3 Å². The van der Waals surface area contributed by atoms with E-state index in [-0.39, 0.29) is 6.01 Å². The first-order valence-corrected chi connectivity index (χ1v) is 9.22. The first-order valence-electron chi connectivity index (χ1n) is 9.22. The number of anilines is 1. The molecule has 1 aliphatic heterocycles. The molecule has 9 nitrogen and oxygen atoms in total. The van der Waals surface area contributed by atoms with Crippen LogP contribution in [-0.2, 0) is 11.3 Å². The number of nitrogens with zero attached hydrogens (tertiary/aromatic N) is 3. The predicted molar refractivity (Wildman–Crippen MR) is 105 cm³/mol. The lowest BCUT2D eigenvalue weighted by atomic mass is 10.2. The third-order valence-corrected chi connectivity index (χ3v) is 4.89. The quantitative estimate of drug-likeness (QED) is 0.541. The molecular formula is C20H18N4O5. The molecule has 2 aromatic heterocycles. The lowest BCUT2D eigenvalue weighted by Crippen LogP contribution is -2.22. The standard InChI is InChI=1S/C20H18N4O5/c1-10(19(25)26)28-12-8-14-17-16(9-12)27-6-2-5-24(17)18(22-14)11-3-4-15-13(7-11)23-20(21)29-15/h3-4,7-10H,2,5-6H2,1H3,(H2,21,23)(H,25,26). The van der Waals surface area contributed by atoms with E-state index in [2.05, 4.69) is 9.55 Å². The Hall–Kier alpha value is -3.75. The molecule has 0 fully saturated rings. The summed E-state index contributed by atoms with van der Waals surface area (Å²) in [6.07, 6.45) is -0.166. The zero-order chi connectivity index (χ0) is 20.1. The second-order valence-corrected chi connectivity index (χ2v) is 6.91. The van der Waals surface area contributed by atoms with Gasteiger partial charge in [0.25, 0.3) is 6.01 Å². The van der Waals surface area contributed by atoms with Gasteiger partial charge in [-0.1, -0.05) is 0 Å². The van der Waals surface area contributed by atoms with Crippen LogP contribution in [0.5, 0.6) is 11.5 Å². The average molecular weight is 394 g/mol. The van der Waals surface area contributed by atoms with Crippen LogP contribution in [0, 0.1) is 0 Å². The minimum absolute atomic E-state index is 0.119. The number of fused-ring (bicyclic) bond motifs is 1. The number of rotatable bonds is 4. The number of carboxylic acid groups (broad SMARTS) is 1. The third kappa shape index (κ3) is 2.91. The topological polar surface area (TPSA) is 126 Å². The summed E-state index contributed by atoms with van der Waals surface area (Å²) < 4.78 is 18.9. The van der Waals surface area contributed by atoms with Crippen molar-refractivity contribution < 1.29 is 23.8 Å². The lowest BCUT2D eigenvalue weighted by molar-refractivity contribution is -0.144. The SMILES string of the molecule is CC(Oc1cc2c3c(c1)nc(-c1ccc4oc(N)nc4c1)n3CCCO2)C(=O)O. The summed E-state index contributed by atoms with van der Waals surface area (Å²) in [6.45, 7) is 2.77. The van der Waals surface area contributed by atoms with Crippen LogP contribution in [0.1, 0.15) is 13.3 Å². The van der Waals surface area contributed by atoms with Crippen LogP contribution in [0.25, 0.3) is 33.5 Å². The maximum absolute atomic E-state index is 11.1. The van der Waals surface area contributed by atoms with Crippen molar-refractivity contribution in [3.8, 4) is 22.9 Å². The van der Waals surface area contributed by atoms with E-state index in [0.29, 0.717) is 34.7 Å². The van der Waals surface area contributed by atoms with Gasteiger partial charge in [0.05, 0.1) is 12.1 Å². The molecule has 5 rings (SSSR count). The van der Waals surface area contributed by atoms with Crippen molar-refractivity contribution in [2.45, 2.75) is 26.0 Å². The van der Waals surface area contributed by atoms with E-state index in [9.17, 15) is 4.79 Å². The number of aliphatic carboxylic acids is 1. The molecule has 0 saturated carbocycles. The molecule has 148 valence electrons. The van der Waals surface area contributed by atoms with Gasteiger partial charge in [0, 0.05) is 24.2 Å². The molecule has 0 saturated heterocycles. The zero-order valence-electron chi connectivity index (χ0n) is 15.6. The monoisotopic (exact) mass is 394 g/mol. The fourth-order valence-corrected chi connectivity index (χ4v) is 3.57. The Kier molecular flexibility index (Phi) is 3.83. The fourth-order valence-electron chi connectivity index (χ4n) is 3.57. The van der Waals surface area contributed by atoms with Gasteiger partial charge in [-0.05, 0) is 31.5 Å². The van der Waals surface area contributed by atoms with E-state index in [1.165, 1.54) is 6.92 Å². The van der Waals surface area contributed by atoms with E-state index in [0.717, 1.165) is 29.9 Å². The van der Waals surface area contributed by atoms with Crippen LogP contribution in [0.15, 0.2) is 34.7 Å². The van der Waals surface area contributed by atoms with Gasteiger partial charge in [0.2, 0.25) is 0 Å². The highest BCUT2D eigenvalue weighted by molar-refractivity contribution is 5.89. The highest BCUT2D eigenvalue weighted by atomic mass is 16.5. The summed E-state index contributed by atoms with van der Waals surface area (Å²) in [7, 11) is 0. The summed E-state index contributed by atoms with van der Waals surface area (Å²) in [5.74, 6) is 0.750. The first kappa shape index (κ1) is 17.4. The summed E-state index contributed by atoms with van der Waals surface area (Å²) in [5, 5.41) is 9.13. The number of carboxylic acids is 1. The maximum Gasteiger partial charge on any atom is 0.344 e. The average Bonchev–Trinajstić information content (AvgIpc) is 3.15. The van der Waals surface area contributed by atoms with E-state index in [1.54, 1.807) is 12.1 Å². The minimum Gasteiger partial charge on any atom is -0.491 e. The molecule has 0 bridgehead atoms. The number of nitrogen functional groups attached to an aromatic ring is 1. The van der Waals surface area contributed by atoms with Gasteiger partial charge in [-0.25, -0.2) is 9.78 Å². The largest absolute Gasteiger partial charge is 0.491 e. The van der Waals surface area contributed by atoms with Crippen molar-refractivity contribution >= 4 is 34.1 Å². The number of hydrogen-bond donors (Lipinski definition) is 2. The molecule has 3 N–H and O–H groups in total. The molecule has 29 heavy (non-hydrogen) atoms. The van der Waals surface area contributed by atoms with E-state index >= 15 is 0 Å². The Balaban J connectivity index is 1.67. The van der Waals surface area contributed by atoms with Gasteiger partial charge in [-0.2, -0.15) is 4.98 Å². The summed E-state index contributed by atoms with van der Waals surface area (Å²) in [4.78, 5) is 20.1. The van der Waals surface area contributed by atoms with Crippen LogP contribution in [0.4, 0.5) is 6.01 Å². The Morgan fingerprint density at radius 1 is 1.28 bits per heavy atom. The van der Waals surface area contributed by atoms with Gasteiger partial charge in [0.15, 0.2) is 11.7 Å². The summed E-state index contributed by atoms with van der Waals surface area (Å²) >= 11 is 0. The number of ether oxygens (including phenoxy) is 2. The van der Waals surface area contributed by atoms with E-state index < -0.39 is 12.1 Å². The Labute approximate surface area is 164 Å². The molecule has 0 radical (unpaired) electrons. The van der Waals surface area contributed by atoms with Gasteiger partial charge >= 0.3 is 5.97 Å². The highest BCUT2D eigenvalue weighted by Crippen LogP contribution is 2.37. The number of carbonyl (C=O) groups is 1. The van der Waals surface area contributed by atoms with Crippen LogP contribution >= 0.6 is 0 Å². The van der Waals surface area contributed by atoms with Crippen molar-refractivity contribution in [3.63, 3.8) is 0 Å². The molecule has 0 aliphatic carbocycles. The Bertz CT molecular complexity index is 1260. The van der Waals surface area contributed by atoms with Crippen LogP contribution in [0.2, 0.25) is 0 Å². The second kappa shape index (κ2) is 6.40. The van der Waals surface area contributed by atoms with Crippen molar-refractivity contribution in [1.29, 1.82) is 0 Å². The third-order valence-electron chi connectivity index (χ3n) is 4.89. The van der Waals surface area contributed by atoms with Crippen molar-refractivity contribution in [1.82, 2.24) is 14.5 Å². The van der Waals surface area contributed by atoms with E-state index in [1.807, 2.05) is 18.2 Å². The minimum atomic E-state index is -1.04. The molecule has 3 heterocycles. The van der Waals surface area contributed by atoms with Gasteiger partial charge in [0.1, 0.15) is 28.4 Å². The van der Waals surface area contributed by atoms with Crippen LogP contribution in [0.3, 0.4) is 0 Å². The molecule has 4 aromatic rings. The second-order valence-electron chi connectivity index (χ2n) is 6.91. The number of nitrogens with two attached hydrogens (primary N) is 1. The smallest absolute Gasteiger partial charge is 0.344 e. The number of aryl methyl sites for hydroxylation is 1. The lowest BCUT2D eigenvalue weighted by Gasteiger charge is -2.12. The highest BCUT2D eigenvalue weighted by Gasteiger charge is 2.22. The number of aromatic nitrogens is 3. The van der Waals surface area contributed by atoms with Crippen molar-refractivity contribution in [3.05, 3.63) is 30.3 Å². The van der Waals surface area contributed by atoms with Gasteiger partial charge in [-0.3, -0.25) is 0 Å². The Morgan fingerprint density at radius 2 is 2.14 bits per heavy atom. The zero-order valence-corrected chi connectivity index (χ0v) is 15.6. The predicted octanol–water partition coefficient (Wildman–Crippen LogP) is 3.06. The van der Waals surface area contributed by atoms with Crippen LogP contribution in [-0.4, -0.2) is 38.3 Å². The Morgan fingerprint density at radius 3 is 2.97 bits per heavy atom.